The van der Waals surface area contributed by atoms with Gasteiger partial charge in [0.05, 0.1) is 7.11 Å². The lowest BCUT2D eigenvalue weighted by Crippen LogP contribution is -2.14. The first-order valence-electron chi connectivity index (χ1n) is 6.59. The van der Waals surface area contributed by atoms with E-state index in [0.29, 0.717) is 5.25 Å². The third kappa shape index (κ3) is 2.43. The van der Waals surface area contributed by atoms with E-state index in [1.807, 2.05) is 6.07 Å². The van der Waals surface area contributed by atoms with Crippen molar-refractivity contribution in [3.63, 3.8) is 0 Å². The van der Waals surface area contributed by atoms with Crippen molar-refractivity contribution in [3.05, 3.63) is 40.3 Å². The number of rotatable bonds is 2. The molecule has 2 nitrogen and oxygen atoms in total. The molecule has 2 aliphatic rings. The van der Waals surface area contributed by atoms with Crippen LogP contribution in [0, 0.1) is 0 Å². The van der Waals surface area contributed by atoms with Gasteiger partial charge in [-0.2, -0.15) is 0 Å². The molecule has 0 spiro atoms. The summed E-state index contributed by atoms with van der Waals surface area (Å²) in [6.07, 6.45) is 3.65. The second kappa shape index (κ2) is 5.37. The number of thioether (sulfide) groups is 1. The van der Waals surface area contributed by atoms with Crippen LogP contribution in [0.3, 0.4) is 0 Å². The van der Waals surface area contributed by atoms with Gasteiger partial charge in [0.1, 0.15) is 5.75 Å². The molecule has 1 unspecified atom stereocenters. The summed E-state index contributed by atoms with van der Waals surface area (Å²) >= 11 is 2.06. The van der Waals surface area contributed by atoms with Crippen LogP contribution in [-0.4, -0.2) is 20.2 Å². The van der Waals surface area contributed by atoms with Crippen LogP contribution >= 0.6 is 11.8 Å². The van der Waals surface area contributed by atoms with Gasteiger partial charge in [-0.25, -0.2) is 0 Å². The third-order valence-corrected chi connectivity index (χ3v) is 5.21. The van der Waals surface area contributed by atoms with Crippen LogP contribution in [0.2, 0.25) is 0 Å². The minimum atomic E-state index is 0.600. The molecule has 0 radical (unpaired) electrons. The zero-order valence-corrected chi connectivity index (χ0v) is 11.6. The Bertz CT molecular complexity index is 451. The van der Waals surface area contributed by atoms with Crippen molar-refractivity contribution in [1.29, 1.82) is 0 Å². The fourth-order valence-electron chi connectivity index (χ4n) is 2.71. The molecule has 0 amide bonds. The first kappa shape index (κ1) is 12.1. The first-order chi connectivity index (χ1) is 8.86. The van der Waals surface area contributed by atoms with Crippen LogP contribution in [0.5, 0.6) is 5.75 Å². The van der Waals surface area contributed by atoms with Crippen LogP contribution in [0.4, 0.5) is 0 Å². The zero-order chi connectivity index (χ0) is 12.4. The first-order valence-corrected chi connectivity index (χ1v) is 7.47. The summed E-state index contributed by atoms with van der Waals surface area (Å²) in [4.78, 5) is 1.63. The number of nitrogens with one attached hydrogen (secondary N) is 1. The number of hydrogen-bond acceptors (Lipinski definition) is 3. The summed E-state index contributed by atoms with van der Waals surface area (Å²) in [5, 5.41) is 4.07. The van der Waals surface area contributed by atoms with E-state index in [-0.39, 0.29) is 0 Å². The second-order valence-corrected chi connectivity index (χ2v) is 6.16. The molecule has 1 aromatic rings. The van der Waals surface area contributed by atoms with Crippen molar-refractivity contribution in [2.24, 2.45) is 0 Å². The number of ether oxygens (including phenoxy) is 1. The molecule has 2 aliphatic heterocycles. The van der Waals surface area contributed by atoms with Gasteiger partial charge in [-0.15, -0.1) is 11.8 Å². The van der Waals surface area contributed by atoms with Crippen molar-refractivity contribution in [2.75, 3.05) is 20.2 Å². The maximum absolute atomic E-state index is 5.32. The van der Waals surface area contributed by atoms with E-state index in [0.717, 1.165) is 18.8 Å². The third-order valence-electron chi connectivity index (χ3n) is 3.71. The van der Waals surface area contributed by atoms with E-state index in [4.69, 9.17) is 4.74 Å². The van der Waals surface area contributed by atoms with Crippen LogP contribution in [0.15, 0.2) is 34.7 Å². The molecule has 0 aromatic heterocycles. The highest BCUT2D eigenvalue weighted by atomic mass is 32.2. The average molecular weight is 261 g/mol. The standard InChI is InChI=1S/C15H19NOS/c1-17-13-4-2-3-11(9-13)15-10-12-5-7-16-8-6-14(12)18-15/h2-4,9,15-16H,5-8,10H2,1H3. The SMILES string of the molecule is COc1cccc(C2CC3=C(CCNCC3)S2)c1. The minimum Gasteiger partial charge on any atom is -0.497 e. The van der Waals surface area contributed by atoms with Gasteiger partial charge in [-0.1, -0.05) is 17.7 Å². The fraction of sp³-hybridized carbons (Fsp3) is 0.467. The Labute approximate surface area is 113 Å². The van der Waals surface area contributed by atoms with E-state index in [2.05, 4.69) is 35.3 Å². The molecular weight excluding hydrogens is 242 g/mol. The number of methoxy groups -OCH3 is 1. The van der Waals surface area contributed by atoms with Gasteiger partial charge in [0, 0.05) is 5.25 Å². The highest BCUT2D eigenvalue weighted by Crippen LogP contribution is 2.50. The summed E-state index contributed by atoms with van der Waals surface area (Å²) < 4.78 is 5.32. The predicted octanol–water partition coefficient (Wildman–Crippen LogP) is 3.51. The van der Waals surface area contributed by atoms with Gasteiger partial charge in [-0.3, -0.25) is 0 Å². The topological polar surface area (TPSA) is 21.3 Å². The van der Waals surface area contributed by atoms with Gasteiger partial charge in [-0.05, 0) is 55.0 Å². The van der Waals surface area contributed by atoms with E-state index >= 15 is 0 Å². The van der Waals surface area contributed by atoms with E-state index < -0.39 is 0 Å². The average Bonchev–Trinajstić information content (AvgIpc) is 2.70. The van der Waals surface area contributed by atoms with Crippen molar-refractivity contribution >= 4 is 11.8 Å². The van der Waals surface area contributed by atoms with E-state index in [1.165, 1.54) is 24.8 Å². The largest absolute Gasteiger partial charge is 0.497 e. The van der Waals surface area contributed by atoms with Gasteiger partial charge in [0.2, 0.25) is 0 Å². The molecule has 0 fully saturated rings. The summed E-state index contributed by atoms with van der Waals surface area (Å²) in [5.74, 6) is 0.969. The maximum Gasteiger partial charge on any atom is 0.119 e. The summed E-state index contributed by atoms with van der Waals surface area (Å²) in [6, 6.07) is 8.53. The fourth-order valence-corrected chi connectivity index (χ4v) is 4.19. The van der Waals surface area contributed by atoms with E-state index in [9.17, 15) is 0 Å². The summed E-state index contributed by atoms with van der Waals surface area (Å²) in [6.45, 7) is 2.28. The smallest absolute Gasteiger partial charge is 0.119 e. The molecule has 0 saturated carbocycles. The quantitative estimate of drug-likeness (QED) is 0.880. The normalized spacial score (nSPS) is 23.7. The predicted molar refractivity (Wildman–Crippen MR) is 77.1 cm³/mol. The molecule has 2 heterocycles. The van der Waals surface area contributed by atoms with Crippen LogP contribution in [-0.2, 0) is 0 Å². The summed E-state index contributed by atoms with van der Waals surface area (Å²) in [5.41, 5.74) is 3.08. The van der Waals surface area contributed by atoms with Crippen molar-refractivity contribution in [1.82, 2.24) is 5.32 Å². The molecule has 96 valence electrons. The number of hydrogen-bond donors (Lipinski definition) is 1. The Morgan fingerprint density at radius 3 is 3.06 bits per heavy atom. The molecule has 1 N–H and O–H groups in total. The Morgan fingerprint density at radius 1 is 1.28 bits per heavy atom. The Hall–Kier alpha value is -0.930. The lowest BCUT2D eigenvalue weighted by atomic mass is 10.0. The highest BCUT2D eigenvalue weighted by Gasteiger charge is 2.26. The van der Waals surface area contributed by atoms with Gasteiger partial charge >= 0.3 is 0 Å². The van der Waals surface area contributed by atoms with Crippen molar-refractivity contribution in [2.45, 2.75) is 24.5 Å². The number of benzene rings is 1. The highest BCUT2D eigenvalue weighted by molar-refractivity contribution is 8.03. The Balaban J connectivity index is 1.76. The second-order valence-electron chi connectivity index (χ2n) is 4.86. The van der Waals surface area contributed by atoms with Gasteiger partial charge in [0.15, 0.2) is 0 Å². The molecule has 0 aliphatic carbocycles. The molecule has 1 aromatic carbocycles. The molecule has 0 bridgehead atoms. The lowest BCUT2D eigenvalue weighted by Gasteiger charge is -2.12. The molecule has 3 heteroatoms. The molecule has 0 saturated heterocycles. The monoisotopic (exact) mass is 261 g/mol. The molecular formula is C15H19NOS. The van der Waals surface area contributed by atoms with Crippen LogP contribution in [0.1, 0.15) is 30.1 Å². The minimum absolute atomic E-state index is 0.600. The maximum atomic E-state index is 5.32. The van der Waals surface area contributed by atoms with Crippen LogP contribution in [0.25, 0.3) is 0 Å². The van der Waals surface area contributed by atoms with Crippen molar-refractivity contribution < 1.29 is 4.74 Å². The van der Waals surface area contributed by atoms with Crippen LogP contribution < -0.4 is 10.1 Å². The molecule has 1 atom stereocenters. The lowest BCUT2D eigenvalue weighted by molar-refractivity contribution is 0.414. The van der Waals surface area contributed by atoms with E-state index in [1.54, 1.807) is 17.6 Å². The van der Waals surface area contributed by atoms with Crippen molar-refractivity contribution in [3.8, 4) is 5.75 Å². The van der Waals surface area contributed by atoms with Gasteiger partial charge < -0.3 is 10.1 Å². The zero-order valence-electron chi connectivity index (χ0n) is 10.7. The Kier molecular flexibility index (Phi) is 3.62. The Morgan fingerprint density at radius 2 is 2.17 bits per heavy atom. The molecule has 18 heavy (non-hydrogen) atoms. The summed E-state index contributed by atoms with van der Waals surface area (Å²) in [7, 11) is 1.74. The molecule has 3 rings (SSSR count). The van der Waals surface area contributed by atoms with Gasteiger partial charge in [0.25, 0.3) is 0 Å².